The number of pyridine rings is 1. The minimum Gasteiger partial charge on any atom is -0.338 e. The molecule has 7 heteroatoms. The van der Waals surface area contributed by atoms with Gasteiger partial charge in [0.1, 0.15) is 11.4 Å². The second-order valence-electron chi connectivity index (χ2n) is 8.07. The Morgan fingerprint density at radius 1 is 1.36 bits per heavy atom. The molecule has 2 aromatic heterocycles. The predicted molar refractivity (Wildman–Crippen MR) is 110 cm³/mol. The van der Waals surface area contributed by atoms with E-state index in [4.69, 9.17) is 0 Å². The smallest absolute Gasteiger partial charge is 0.261 e. The normalized spacial score (nSPS) is 17.3. The van der Waals surface area contributed by atoms with Crippen molar-refractivity contribution >= 4 is 5.91 Å². The summed E-state index contributed by atoms with van der Waals surface area (Å²) in [6, 6.07) is 1.85. The second-order valence-corrected chi connectivity index (χ2v) is 8.07. The first-order valence-corrected chi connectivity index (χ1v) is 10.0. The number of hydrogen-bond donors (Lipinski definition) is 1. The van der Waals surface area contributed by atoms with Crippen molar-refractivity contribution in [1.82, 2.24) is 24.3 Å². The fourth-order valence-corrected chi connectivity index (χ4v) is 4.08. The van der Waals surface area contributed by atoms with Gasteiger partial charge < -0.3 is 19.4 Å². The number of aromatic amines is 1. The number of amides is 1. The second kappa shape index (κ2) is 8.73. The van der Waals surface area contributed by atoms with Crippen LogP contribution in [-0.2, 0) is 6.54 Å². The summed E-state index contributed by atoms with van der Waals surface area (Å²) in [4.78, 5) is 36.8. The van der Waals surface area contributed by atoms with E-state index in [9.17, 15) is 9.59 Å². The van der Waals surface area contributed by atoms with Crippen molar-refractivity contribution in [3.8, 4) is 0 Å². The molecule has 0 spiro atoms. The number of imidazole rings is 1. The highest BCUT2D eigenvalue weighted by Gasteiger charge is 2.29. The van der Waals surface area contributed by atoms with E-state index in [-0.39, 0.29) is 22.9 Å². The van der Waals surface area contributed by atoms with E-state index in [1.165, 1.54) is 0 Å². The Morgan fingerprint density at radius 2 is 2.14 bits per heavy atom. The van der Waals surface area contributed by atoms with Gasteiger partial charge in [-0.2, -0.15) is 0 Å². The van der Waals surface area contributed by atoms with Crippen molar-refractivity contribution in [3.05, 3.63) is 51.5 Å². The number of carbonyl (C=O) groups excluding carboxylic acids is 1. The van der Waals surface area contributed by atoms with E-state index < -0.39 is 0 Å². The zero-order chi connectivity index (χ0) is 20.3. The summed E-state index contributed by atoms with van der Waals surface area (Å²) in [5, 5.41) is 0. The van der Waals surface area contributed by atoms with Crippen LogP contribution in [0.1, 0.15) is 52.6 Å². The molecular weight excluding hydrogens is 354 g/mol. The minimum absolute atomic E-state index is 0.172. The number of likely N-dealkylation sites (tertiary alicyclic amines) is 1. The third-order valence-corrected chi connectivity index (χ3v) is 5.40. The molecule has 1 aliphatic heterocycles. The predicted octanol–water partition coefficient (Wildman–Crippen LogP) is 2.16. The first kappa shape index (κ1) is 20.3. The van der Waals surface area contributed by atoms with Crippen molar-refractivity contribution in [2.75, 3.05) is 33.7 Å². The first-order valence-electron chi connectivity index (χ1n) is 10.0. The Balaban J connectivity index is 1.74. The van der Waals surface area contributed by atoms with Crippen LogP contribution in [0.3, 0.4) is 0 Å². The van der Waals surface area contributed by atoms with Crippen molar-refractivity contribution in [2.24, 2.45) is 0 Å². The molecule has 0 aromatic carbocycles. The molecule has 1 amide bonds. The Labute approximate surface area is 166 Å². The molecule has 0 aliphatic carbocycles. The van der Waals surface area contributed by atoms with Gasteiger partial charge in [0.2, 0.25) is 0 Å². The zero-order valence-corrected chi connectivity index (χ0v) is 17.4. The van der Waals surface area contributed by atoms with Crippen LogP contribution in [0.2, 0.25) is 0 Å². The van der Waals surface area contributed by atoms with Gasteiger partial charge in [0.15, 0.2) is 0 Å². The maximum atomic E-state index is 13.1. The molecule has 0 saturated carbocycles. The number of H-pyrrole nitrogens is 1. The van der Waals surface area contributed by atoms with Crippen LogP contribution in [0, 0.1) is 13.8 Å². The highest BCUT2D eigenvalue weighted by molar-refractivity contribution is 5.95. The molecule has 152 valence electrons. The van der Waals surface area contributed by atoms with Crippen LogP contribution in [0.5, 0.6) is 0 Å². The molecule has 1 fully saturated rings. The molecule has 0 bridgehead atoms. The van der Waals surface area contributed by atoms with Crippen LogP contribution in [0.4, 0.5) is 0 Å². The summed E-state index contributed by atoms with van der Waals surface area (Å²) < 4.78 is 2.21. The van der Waals surface area contributed by atoms with E-state index in [1.54, 1.807) is 0 Å². The molecule has 2 aromatic rings. The average molecular weight is 386 g/mol. The molecule has 3 rings (SSSR count). The average Bonchev–Trinajstić information content (AvgIpc) is 3.09. The fourth-order valence-electron chi connectivity index (χ4n) is 4.08. The summed E-state index contributed by atoms with van der Waals surface area (Å²) in [7, 11) is 4.16. The first-order chi connectivity index (χ1) is 13.4. The Hall–Kier alpha value is -2.41. The summed E-state index contributed by atoms with van der Waals surface area (Å²) in [6.45, 7) is 6.90. The van der Waals surface area contributed by atoms with Crippen molar-refractivity contribution in [3.63, 3.8) is 0 Å². The molecular formula is C21H31N5O2. The standard InChI is InChI=1S/C21H31N5O2/c1-15-13-16(2)23-20(27)18(15)21(28)26-10-5-7-17(14-26)19-22-8-12-25(19)11-6-9-24(3)4/h8,12-13,17H,5-7,9-11,14H2,1-4H3,(H,23,27)/t17-/m1/s1. The molecule has 1 N–H and O–H groups in total. The van der Waals surface area contributed by atoms with E-state index in [0.717, 1.165) is 49.4 Å². The fraction of sp³-hybridized carbons (Fsp3) is 0.571. The Kier molecular flexibility index (Phi) is 6.34. The van der Waals surface area contributed by atoms with Crippen LogP contribution in [0.25, 0.3) is 0 Å². The number of rotatable bonds is 6. The highest BCUT2D eigenvalue weighted by Crippen LogP contribution is 2.27. The summed E-state index contributed by atoms with van der Waals surface area (Å²) >= 11 is 0. The van der Waals surface area contributed by atoms with Gasteiger partial charge in [-0.1, -0.05) is 0 Å². The van der Waals surface area contributed by atoms with Crippen LogP contribution in [-0.4, -0.2) is 64.0 Å². The van der Waals surface area contributed by atoms with Crippen LogP contribution < -0.4 is 5.56 Å². The summed E-state index contributed by atoms with van der Waals surface area (Å²) in [5.74, 6) is 1.08. The maximum absolute atomic E-state index is 13.1. The lowest BCUT2D eigenvalue weighted by Crippen LogP contribution is -2.42. The lowest BCUT2D eigenvalue weighted by molar-refractivity contribution is 0.0700. The topological polar surface area (TPSA) is 74.2 Å². The molecule has 28 heavy (non-hydrogen) atoms. The van der Waals surface area contributed by atoms with Crippen molar-refractivity contribution < 1.29 is 4.79 Å². The summed E-state index contributed by atoms with van der Waals surface area (Å²) in [5.41, 5.74) is 1.48. The van der Waals surface area contributed by atoms with Crippen molar-refractivity contribution in [1.29, 1.82) is 0 Å². The molecule has 0 unspecified atom stereocenters. The third-order valence-electron chi connectivity index (χ3n) is 5.40. The van der Waals surface area contributed by atoms with Gasteiger partial charge in [-0.25, -0.2) is 4.98 Å². The Morgan fingerprint density at radius 3 is 2.86 bits per heavy atom. The molecule has 1 aliphatic rings. The van der Waals surface area contributed by atoms with E-state index in [1.807, 2.05) is 37.2 Å². The van der Waals surface area contributed by atoms with Gasteiger partial charge >= 0.3 is 0 Å². The molecule has 0 radical (unpaired) electrons. The van der Waals surface area contributed by atoms with E-state index in [0.29, 0.717) is 13.1 Å². The van der Waals surface area contributed by atoms with E-state index >= 15 is 0 Å². The molecule has 7 nitrogen and oxygen atoms in total. The number of aromatic nitrogens is 3. The van der Waals surface area contributed by atoms with Crippen molar-refractivity contribution in [2.45, 2.75) is 45.6 Å². The maximum Gasteiger partial charge on any atom is 0.261 e. The van der Waals surface area contributed by atoms with E-state index in [2.05, 4.69) is 33.5 Å². The number of hydrogen-bond acceptors (Lipinski definition) is 4. The van der Waals surface area contributed by atoms with Gasteiger partial charge in [-0.05, 0) is 65.4 Å². The largest absolute Gasteiger partial charge is 0.338 e. The highest BCUT2D eigenvalue weighted by atomic mass is 16.2. The third kappa shape index (κ3) is 4.52. The van der Waals surface area contributed by atoms with Gasteiger partial charge in [0.25, 0.3) is 11.5 Å². The lowest BCUT2D eigenvalue weighted by Gasteiger charge is -2.33. The monoisotopic (exact) mass is 385 g/mol. The number of aryl methyl sites for hydroxylation is 3. The molecule has 3 heterocycles. The van der Waals surface area contributed by atoms with Gasteiger partial charge in [-0.15, -0.1) is 0 Å². The summed E-state index contributed by atoms with van der Waals surface area (Å²) in [6.07, 6.45) is 6.87. The number of carbonyl (C=O) groups is 1. The van der Waals surface area contributed by atoms with Crippen LogP contribution >= 0.6 is 0 Å². The number of nitrogens with zero attached hydrogens (tertiary/aromatic N) is 4. The van der Waals surface area contributed by atoms with Crippen LogP contribution in [0.15, 0.2) is 23.3 Å². The molecule has 1 atom stereocenters. The van der Waals surface area contributed by atoms with Gasteiger partial charge in [0.05, 0.1) is 0 Å². The number of piperidine rings is 1. The Bertz CT molecular complexity index is 883. The lowest BCUT2D eigenvalue weighted by atomic mass is 9.96. The quantitative estimate of drug-likeness (QED) is 0.827. The van der Waals surface area contributed by atoms with Gasteiger partial charge in [0, 0.05) is 43.6 Å². The SMILES string of the molecule is Cc1cc(C)c(C(=O)N2CCC[C@@H](c3nccn3CCCN(C)C)C2)c(=O)[nH]1. The molecule has 1 saturated heterocycles. The zero-order valence-electron chi connectivity index (χ0n) is 17.4. The minimum atomic E-state index is -0.296. The van der Waals surface area contributed by atoms with Gasteiger partial charge in [-0.3, -0.25) is 9.59 Å². The number of nitrogens with one attached hydrogen (secondary N) is 1.